The monoisotopic (exact) mass is 339 g/mol. The van der Waals surface area contributed by atoms with E-state index in [0.29, 0.717) is 5.02 Å². The molecule has 0 aliphatic carbocycles. The first kappa shape index (κ1) is 15.2. The van der Waals surface area contributed by atoms with Crippen LogP contribution < -0.4 is 5.32 Å². The van der Waals surface area contributed by atoms with Crippen molar-refractivity contribution in [1.29, 1.82) is 0 Å². The average molecular weight is 340 g/mol. The molecule has 0 saturated carbocycles. The minimum atomic E-state index is 0.260. The highest BCUT2D eigenvalue weighted by Crippen LogP contribution is 2.31. The number of nitrogens with zero attached hydrogens (tertiary/aromatic N) is 2. The average Bonchev–Trinajstić information content (AvgIpc) is 2.97. The van der Waals surface area contributed by atoms with Crippen LogP contribution in [0.2, 0.25) is 5.02 Å². The molecule has 24 heavy (non-hydrogen) atoms. The number of aromatic hydroxyl groups is 1. The van der Waals surface area contributed by atoms with Crippen molar-refractivity contribution in [3.63, 3.8) is 0 Å². The molecule has 0 unspecified atom stereocenters. The van der Waals surface area contributed by atoms with Gasteiger partial charge in [-0.1, -0.05) is 17.7 Å². The maximum Gasteiger partial charge on any atom is 0.115 e. The smallest absolute Gasteiger partial charge is 0.115 e. The first-order valence-electron chi connectivity index (χ1n) is 8.01. The lowest BCUT2D eigenvalue weighted by Gasteiger charge is -2.16. The van der Waals surface area contributed by atoms with Crippen LogP contribution >= 0.6 is 11.6 Å². The predicted octanol–water partition coefficient (Wildman–Crippen LogP) is 3.85. The summed E-state index contributed by atoms with van der Waals surface area (Å²) in [5.41, 5.74) is 6.56. The molecule has 2 aromatic carbocycles. The molecule has 3 aromatic rings. The molecular weight excluding hydrogens is 322 g/mol. The van der Waals surface area contributed by atoms with Crippen molar-refractivity contribution < 1.29 is 5.11 Å². The number of halogens is 1. The fraction of sp³-hybridized carbons (Fsp3) is 0.211. The number of phenols is 1. The molecule has 0 spiro atoms. The zero-order chi connectivity index (χ0) is 16.7. The molecule has 122 valence electrons. The Morgan fingerprint density at radius 2 is 1.96 bits per heavy atom. The highest BCUT2D eigenvalue weighted by atomic mass is 35.5. The number of phenolic OH excluding ortho intramolecular Hbond substituents is 1. The van der Waals surface area contributed by atoms with E-state index in [0.717, 1.165) is 42.0 Å². The van der Waals surface area contributed by atoms with Crippen molar-refractivity contribution in [3.05, 3.63) is 64.3 Å². The van der Waals surface area contributed by atoms with E-state index in [9.17, 15) is 5.11 Å². The summed E-state index contributed by atoms with van der Waals surface area (Å²) < 4.78 is 2.03. The molecule has 4 nitrogen and oxygen atoms in total. The number of benzene rings is 2. The van der Waals surface area contributed by atoms with Gasteiger partial charge in [-0.05, 0) is 48.9 Å². The lowest BCUT2D eigenvalue weighted by atomic mass is 10.0. The Bertz CT molecular complexity index is 900. The zero-order valence-electron chi connectivity index (χ0n) is 13.4. The second-order valence-electron chi connectivity index (χ2n) is 6.09. The molecule has 0 amide bonds. The van der Waals surface area contributed by atoms with Gasteiger partial charge in [-0.25, -0.2) is 4.68 Å². The van der Waals surface area contributed by atoms with Gasteiger partial charge in [0.05, 0.1) is 17.1 Å². The maximum atomic E-state index is 9.54. The largest absolute Gasteiger partial charge is 0.508 e. The van der Waals surface area contributed by atoms with Gasteiger partial charge in [0.25, 0.3) is 0 Å². The van der Waals surface area contributed by atoms with Crippen LogP contribution in [0.4, 0.5) is 0 Å². The summed E-state index contributed by atoms with van der Waals surface area (Å²) in [4.78, 5) is 0. The molecule has 4 rings (SSSR count). The molecule has 1 aliphatic rings. The van der Waals surface area contributed by atoms with Crippen molar-refractivity contribution in [2.75, 3.05) is 6.54 Å². The quantitative estimate of drug-likeness (QED) is 0.745. The van der Waals surface area contributed by atoms with Gasteiger partial charge < -0.3 is 10.4 Å². The van der Waals surface area contributed by atoms with Crippen LogP contribution in [0.25, 0.3) is 16.9 Å². The van der Waals surface area contributed by atoms with Gasteiger partial charge in [0.15, 0.2) is 0 Å². The van der Waals surface area contributed by atoms with E-state index in [1.807, 2.05) is 35.0 Å². The van der Waals surface area contributed by atoms with E-state index in [4.69, 9.17) is 16.7 Å². The standard InChI is InChI=1S/C19H18ClN3O/c1-12-2-5-14(20)10-18(12)23-17-8-9-21-11-16(17)19(22-23)13-3-6-15(24)7-4-13/h2-7,10,21,24H,8-9,11H2,1H3. The summed E-state index contributed by atoms with van der Waals surface area (Å²) in [5.74, 6) is 0.260. The van der Waals surface area contributed by atoms with Gasteiger partial charge in [-0.2, -0.15) is 5.10 Å². The molecule has 0 fully saturated rings. The van der Waals surface area contributed by atoms with Gasteiger partial charge in [-0.15, -0.1) is 0 Å². The minimum absolute atomic E-state index is 0.260. The van der Waals surface area contributed by atoms with Gasteiger partial charge in [-0.3, -0.25) is 0 Å². The number of hydrogen-bond donors (Lipinski definition) is 2. The molecule has 1 aliphatic heterocycles. The van der Waals surface area contributed by atoms with E-state index in [2.05, 4.69) is 12.2 Å². The summed E-state index contributed by atoms with van der Waals surface area (Å²) in [6, 6.07) is 13.1. The molecule has 0 saturated heterocycles. The molecule has 2 heterocycles. The zero-order valence-corrected chi connectivity index (χ0v) is 14.1. The Kier molecular flexibility index (Phi) is 3.79. The van der Waals surface area contributed by atoms with Crippen molar-refractivity contribution in [3.8, 4) is 22.7 Å². The predicted molar refractivity (Wildman–Crippen MR) is 95.8 cm³/mol. The van der Waals surface area contributed by atoms with Gasteiger partial charge >= 0.3 is 0 Å². The fourth-order valence-corrected chi connectivity index (χ4v) is 3.38. The number of hydrogen-bond acceptors (Lipinski definition) is 3. The summed E-state index contributed by atoms with van der Waals surface area (Å²) in [7, 11) is 0. The van der Waals surface area contributed by atoms with Crippen LogP contribution in [0.5, 0.6) is 5.75 Å². The van der Waals surface area contributed by atoms with Crippen LogP contribution in [0.3, 0.4) is 0 Å². The summed E-state index contributed by atoms with van der Waals surface area (Å²) >= 11 is 6.21. The lowest BCUT2D eigenvalue weighted by Crippen LogP contribution is -2.24. The van der Waals surface area contributed by atoms with Crippen molar-refractivity contribution in [2.45, 2.75) is 19.9 Å². The Balaban J connectivity index is 1.92. The number of aryl methyl sites for hydroxylation is 1. The van der Waals surface area contributed by atoms with Crippen molar-refractivity contribution >= 4 is 11.6 Å². The SMILES string of the molecule is Cc1ccc(Cl)cc1-n1nc(-c2ccc(O)cc2)c2c1CCNC2. The van der Waals surface area contributed by atoms with Crippen LogP contribution in [-0.4, -0.2) is 21.4 Å². The highest BCUT2D eigenvalue weighted by Gasteiger charge is 2.23. The number of nitrogens with one attached hydrogen (secondary N) is 1. The Morgan fingerprint density at radius 1 is 1.17 bits per heavy atom. The summed E-state index contributed by atoms with van der Waals surface area (Å²) in [6.07, 6.45) is 0.923. The van der Waals surface area contributed by atoms with Crippen LogP contribution in [0.1, 0.15) is 16.8 Å². The summed E-state index contributed by atoms with van der Waals surface area (Å²) in [6.45, 7) is 3.81. The Morgan fingerprint density at radius 3 is 2.75 bits per heavy atom. The van der Waals surface area contributed by atoms with Gasteiger partial charge in [0, 0.05) is 35.7 Å². The van der Waals surface area contributed by atoms with E-state index < -0.39 is 0 Å². The van der Waals surface area contributed by atoms with Crippen molar-refractivity contribution in [1.82, 2.24) is 15.1 Å². The van der Waals surface area contributed by atoms with Gasteiger partial charge in [0.2, 0.25) is 0 Å². The lowest BCUT2D eigenvalue weighted by molar-refractivity contribution is 0.475. The van der Waals surface area contributed by atoms with Crippen LogP contribution in [-0.2, 0) is 13.0 Å². The second-order valence-corrected chi connectivity index (χ2v) is 6.53. The van der Waals surface area contributed by atoms with Crippen molar-refractivity contribution in [2.24, 2.45) is 0 Å². The van der Waals surface area contributed by atoms with E-state index in [1.54, 1.807) is 12.1 Å². The molecular formula is C19H18ClN3O. The first-order valence-corrected chi connectivity index (χ1v) is 8.38. The molecule has 0 radical (unpaired) electrons. The third kappa shape index (κ3) is 2.58. The normalized spacial score (nSPS) is 13.8. The molecule has 2 N–H and O–H groups in total. The first-order chi connectivity index (χ1) is 11.6. The molecule has 1 aromatic heterocycles. The summed E-state index contributed by atoms with van der Waals surface area (Å²) in [5, 5.41) is 18.6. The van der Waals surface area contributed by atoms with E-state index in [-0.39, 0.29) is 5.75 Å². The molecule has 0 bridgehead atoms. The Labute approximate surface area is 145 Å². The number of fused-ring (bicyclic) bond motifs is 1. The molecule has 5 heteroatoms. The number of aromatic nitrogens is 2. The fourth-order valence-electron chi connectivity index (χ4n) is 3.21. The molecule has 0 atom stereocenters. The second kappa shape index (κ2) is 5.96. The van der Waals surface area contributed by atoms with E-state index >= 15 is 0 Å². The third-order valence-electron chi connectivity index (χ3n) is 4.47. The van der Waals surface area contributed by atoms with E-state index in [1.165, 1.54) is 11.3 Å². The van der Waals surface area contributed by atoms with Crippen LogP contribution in [0, 0.1) is 6.92 Å². The Hall–Kier alpha value is -2.30. The van der Waals surface area contributed by atoms with Crippen LogP contribution in [0.15, 0.2) is 42.5 Å². The maximum absolute atomic E-state index is 9.54. The number of rotatable bonds is 2. The third-order valence-corrected chi connectivity index (χ3v) is 4.71. The topological polar surface area (TPSA) is 50.1 Å². The minimum Gasteiger partial charge on any atom is -0.508 e. The highest BCUT2D eigenvalue weighted by molar-refractivity contribution is 6.30. The van der Waals surface area contributed by atoms with Gasteiger partial charge in [0.1, 0.15) is 5.75 Å².